The molecule has 0 aliphatic carbocycles. The van der Waals surface area contributed by atoms with Crippen LogP contribution in [0.2, 0.25) is 0 Å². The van der Waals surface area contributed by atoms with E-state index < -0.39 is 24.1 Å². The Balaban J connectivity index is 5.43. The molecule has 0 rings (SSSR count). The van der Waals surface area contributed by atoms with Gasteiger partial charge in [-0.3, -0.25) is 4.79 Å². The van der Waals surface area contributed by atoms with E-state index in [1.807, 2.05) is 19.1 Å². The van der Waals surface area contributed by atoms with E-state index in [-0.39, 0.29) is 30.7 Å². The van der Waals surface area contributed by atoms with Crippen molar-refractivity contribution in [3.05, 3.63) is 24.3 Å². The van der Waals surface area contributed by atoms with Crippen molar-refractivity contribution in [3.8, 4) is 0 Å². The number of rotatable bonds is 18. The molecule has 6 heteroatoms. The van der Waals surface area contributed by atoms with Crippen molar-refractivity contribution in [1.82, 2.24) is 0 Å². The Kier molecular flexibility index (Phi) is 15.9. The van der Waals surface area contributed by atoms with Crippen molar-refractivity contribution >= 4 is 5.97 Å². The molecule has 4 N–H and O–H groups in total. The summed E-state index contributed by atoms with van der Waals surface area (Å²) in [7, 11) is 0. The number of carboxylic acids is 1. The molecule has 3 atom stereocenters. The monoisotopic (exact) mass is 414 g/mol. The molecule has 0 spiro atoms. The lowest BCUT2D eigenvalue weighted by Gasteiger charge is -2.41. The number of nitrogens with zero attached hydrogens (tertiary/aromatic N) is 1. The summed E-state index contributed by atoms with van der Waals surface area (Å²) in [6.07, 6.45) is 12.4. The van der Waals surface area contributed by atoms with Crippen LogP contribution in [0.1, 0.15) is 65.7 Å². The summed E-state index contributed by atoms with van der Waals surface area (Å²) < 4.78 is 0.167. The van der Waals surface area contributed by atoms with Crippen LogP contribution in [0.5, 0.6) is 0 Å². The van der Waals surface area contributed by atoms with Crippen LogP contribution in [0.4, 0.5) is 0 Å². The smallest absolute Gasteiger partial charge is 0.312 e. The molecule has 0 aliphatic heterocycles. The van der Waals surface area contributed by atoms with Crippen molar-refractivity contribution in [2.24, 2.45) is 5.92 Å². The minimum absolute atomic E-state index is 0.130. The molecule has 0 aromatic rings. The van der Waals surface area contributed by atoms with Crippen molar-refractivity contribution in [1.29, 1.82) is 0 Å². The van der Waals surface area contributed by atoms with Gasteiger partial charge in [0, 0.05) is 0 Å². The van der Waals surface area contributed by atoms with Gasteiger partial charge in [-0.05, 0) is 19.3 Å². The van der Waals surface area contributed by atoms with E-state index in [0.717, 1.165) is 38.5 Å². The summed E-state index contributed by atoms with van der Waals surface area (Å²) >= 11 is 0. The minimum atomic E-state index is -0.881. The van der Waals surface area contributed by atoms with Crippen LogP contribution in [0.15, 0.2) is 24.3 Å². The van der Waals surface area contributed by atoms with Crippen molar-refractivity contribution < 1.29 is 29.7 Å². The van der Waals surface area contributed by atoms with Gasteiger partial charge in [-0.15, -0.1) is 0 Å². The third-order valence-electron chi connectivity index (χ3n) is 5.34. The summed E-state index contributed by atoms with van der Waals surface area (Å²) in [5.74, 6) is -1.47. The molecule has 170 valence electrons. The second-order valence-corrected chi connectivity index (χ2v) is 8.06. The van der Waals surface area contributed by atoms with Crippen molar-refractivity contribution in [2.45, 2.75) is 77.9 Å². The fourth-order valence-corrected chi connectivity index (χ4v) is 3.62. The second-order valence-electron chi connectivity index (χ2n) is 8.06. The van der Waals surface area contributed by atoms with Crippen LogP contribution in [0.3, 0.4) is 0 Å². The molecule has 0 saturated heterocycles. The topological polar surface area (TPSA) is 98.0 Å². The van der Waals surface area contributed by atoms with E-state index >= 15 is 0 Å². The van der Waals surface area contributed by atoms with E-state index in [0.29, 0.717) is 13.0 Å². The van der Waals surface area contributed by atoms with Crippen LogP contribution < -0.4 is 0 Å². The molecule has 6 nitrogen and oxygen atoms in total. The van der Waals surface area contributed by atoms with Gasteiger partial charge in [0.05, 0.1) is 13.2 Å². The van der Waals surface area contributed by atoms with Crippen LogP contribution in [-0.4, -0.2) is 75.9 Å². The molecule has 0 radical (unpaired) electrons. The molecule has 0 fully saturated rings. The number of aliphatic hydroxyl groups is 3. The minimum Gasteiger partial charge on any atom is -0.481 e. The fourth-order valence-electron chi connectivity index (χ4n) is 3.62. The maximum absolute atomic E-state index is 11.6. The highest BCUT2D eigenvalue weighted by Crippen LogP contribution is 2.18. The SMILES string of the molecule is CCCC/C=C/C(O)C[N+](CCO)(CC(O)/C=C/CCCC)CC(CC)C(=O)O. The Morgan fingerprint density at radius 3 is 1.72 bits per heavy atom. The van der Waals surface area contributed by atoms with Gasteiger partial charge in [-0.25, -0.2) is 0 Å². The number of aliphatic hydroxyl groups excluding tert-OH is 3. The lowest BCUT2D eigenvalue weighted by atomic mass is 10.0. The number of carboxylic acid groups (broad SMARTS) is 1. The normalized spacial score (nSPS) is 17.4. The number of unbranched alkanes of at least 4 members (excludes halogenated alkanes) is 4. The Morgan fingerprint density at radius 1 is 0.897 bits per heavy atom. The van der Waals surface area contributed by atoms with Gasteiger partial charge in [0.2, 0.25) is 0 Å². The standard InChI is InChI=1S/C23H43NO5/c1-4-7-9-11-13-21(26)18-24(15-16-25,17-20(6-3)23(28)29)19-22(27)14-12-10-8-5-2/h11-14,20-22,25-27H,4-10,15-19H2,1-3H3/p+1/b13-11+,14-12+. The zero-order chi connectivity index (χ0) is 22.1. The van der Waals surface area contributed by atoms with Crippen molar-refractivity contribution in [2.75, 3.05) is 32.8 Å². The number of hydrogen-bond acceptors (Lipinski definition) is 4. The summed E-state index contributed by atoms with van der Waals surface area (Å²) in [6.45, 7) is 7.03. The molecule has 29 heavy (non-hydrogen) atoms. The molecule has 0 saturated carbocycles. The third kappa shape index (κ3) is 12.9. The van der Waals surface area contributed by atoms with E-state index in [1.54, 1.807) is 12.2 Å². The lowest BCUT2D eigenvalue weighted by molar-refractivity contribution is -0.934. The molecule has 0 bridgehead atoms. The first-order valence-corrected chi connectivity index (χ1v) is 11.2. The summed E-state index contributed by atoms with van der Waals surface area (Å²) in [4.78, 5) is 11.6. The van der Waals surface area contributed by atoms with Gasteiger partial charge in [0.15, 0.2) is 0 Å². The Morgan fingerprint density at radius 2 is 1.38 bits per heavy atom. The number of hydrogen-bond donors (Lipinski definition) is 4. The molecular weight excluding hydrogens is 370 g/mol. The highest BCUT2D eigenvalue weighted by atomic mass is 16.4. The van der Waals surface area contributed by atoms with E-state index in [2.05, 4.69) is 13.8 Å². The predicted molar refractivity (Wildman–Crippen MR) is 118 cm³/mol. The number of carbonyl (C=O) groups is 1. The molecule has 0 aliphatic rings. The van der Waals surface area contributed by atoms with Crippen LogP contribution in [0.25, 0.3) is 0 Å². The van der Waals surface area contributed by atoms with Gasteiger partial charge in [0.1, 0.15) is 37.8 Å². The zero-order valence-electron chi connectivity index (χ0n) is 18.7. The summed E-state index contributed by atoms with van der Waals surface area (Å²) in [5, 5.41) is 40.4. The Bertz CT molecular complexity index is 452. The highest BCUT2D eigenvalue weighted by molar-refractivity contribution is 5.69. The van der Waals surface area contributed by atoms with Gasteiger partial charge in [-0.2, -0.15) is 0 Å². The number of aliphatic carboxylic acids is 1. The number of allylic oxidation sites excluding steroid dienone is 2. The lowest BCUT2D eigenvalue weighted by Crippen LogP contribution is -2.59. The Hall–Kier alpha value is -1.21. The molecular formula is C23H44NO5+. The molecule has 0 aromatic heterocycles. The number of quaternary nitrogens is 1. The predicted octanol–water partition coefficient (Wildman–Crippen LogP) is 3.12. The highest BCUT2D eigenvalue weighted by Gasteiger charge is 2.36. The second kappa shape index (κ2) is 16.6. The molecule has 0 amide bonds. The van der Waals surface area contributed by atoms with Gasteiger partial charge < -0.3 is 24.9 Å². The average molecular weight is 415 g/mol. The van der Waals surface area contributed by atoms with Gasteiger partial charge in [0.25, 0.3) is 0 Å². The third-order valence-corrected chi connectivity index (χ3v) is 5.34. The van der Waals surface area contributed by atoms with E-state index in [4.69, 9.17) is 0 Å². The zero-order valence-corrected chi connectivity index (χ0v) is 18.7. The fraction of sp³-hybridized carbons (Fsp3) is 0.783. The first-order chi connectivity index (χ1) is 13.8. The van der Waals surface area contributed by atoms with Crippen LogP contribution in [0, 0.1) is 5.92 Å². The quantitative estimate of drug-likeness (QED) is 0.157. The van der Waals surface area contributed by atoms with Crippen molar-refractivity contribution in [3.63, 3.8) is 0 Å². The van der Waals surface area contributed by atoms with Crippen LogP contribution in [-0.2, 0) is 4.79 Å². The first-order valence-electron chi connectivity index (χ1n) is 11.2. The average Bonchev–Trinajstić information content (AvgIpc) is 2.66. The molecule has 3 unspecified atom stereocenters. The maximum atomic E-state index is 11.6. The van der Waals surface area contributed by atoms with Crippen LogP contribution >= 0.6 is 0 Å². The van der Waals surface area contributed by atoms with Gasteiger partial charge in [-0.1, -0.05) is 70.8 Å². The Labute approximate surface area is 177 Å². The maximum Gasteiger partial charge on any atom is 0.312 e. The largest absolute Gasteiger partial charge is 0.481 e. The molecule has 0 aromatic carbocycles. The van der Waals surface area contributed by atoms with E-state index in [1.165, 1.54) is 0 Å². The molecule has 0 heterocycles. The first kappa shape index (κ1) is 27.8. The summed E-state index contributed by atoms with van der Waals surface area (Å²) in [6, 6.07) is 0. The summed E-state index contributed by atoms with van der Waals surface area (Å²) in [5.41, 5.74) is 0. The van der Waals surface area contributed by atoms with E-state index in [9.17, 15) is 25.2 Å². The van der Waals surface area contributed by atoms with Gasteiger partial charge >= 0.3 is 5.97 Å².